The predicted octanol–water partition coefficient (Wildman–Crippen LogP) is 6.07. The zero-order chi connectivity index (χ0) is 20.7. The first kappa shape index (κ1) is 18.8. The first-order chi connectivity index (χ1) is 14.6. The van der Waals surface area contributed by atoms with Crippen LogP contribution in [0.25, 0.3) is 27.6 Å². The summed E-state index contributed by atoms with van der Waals surface area (Å²) in [5, 5.41) is 11.0. The highest BCUT2D eigenvalue weighted by atomic mass is 79.9. The number of anilines is 1. The number of nitrogens with one attached hydrogen (secondary N) is 1. The van der Waals surface area contributed by atoms with Crippen molar-refractivity contribution >= 4 is 50.0 Å². The van der Waals surface area contributed by atoms with Crippen molar-refractivity contribution in [1.82, 2.24) is 14.8 Å². The van der Waals surface area contributed by atoms with E-state index >= 15 is 0 Å². The van der Waals surface area contributed by atoms with Crippen LogP contribution in [0.15, 0.2) is 74.9 Å². The van der Waals surface area contributed by atoms with Gasteiger partial charge < -0.3 is 9.73 Å². The number of carbonyl (C=O) groups is 1. The predicted molar refractivity (Wildman–Crippen MR) is 121 cm³/mol. The maximum atomic E-state index is 12.7. The van der Waals surface area contributed by atoms with Gasteiger partial charge in [0.25, 0.3) is 5.91 Å². The zero-order valence-corrected chi connectivity index (χ0v) is 18.2. The Kier molecular flexibility index (Phi) is 4.72. The number of aromatic nitrogens is 3. The minimum Gasteiger partial charge on any atom is -0.454 e. The fourth-order valence-electron chi connectivity index (χ4n) is 3.15. The number of hydrogen-bond donors (Lipinski definition) is 1. The lowest BCUT2D eigenvalue weighted by Crippen LogP contribution is -2.15. The standard InChI is InChI=1S/C22H15BrN4O2S/c1-13-10-20(25-21(28)15-7-3-4-8-16(15)23)27(26-13)22-24-17(12-30-22)19-11-14-6-2-5-9-18(14)29-19/h2-12H,1H3,(H,25,28). The summed E-state index contributed by atoms with van der Waals surface area (Å²) in [6, 6.07) is 18.9. The summed E-state index contributed by atoms with van der Waals surface area (Å²) in [6.07, 6.45) is 0. The molecule has 1 N–H and O–H groups in total. The average Bonchev–Trinajstić information content (AvgIpc) is 3.45. The van der Waals surface area contributed by atoms with E-state index in [4.69, 9.17) is 4.42 Å². The minimum atomic E-state index is -0.224. The van der Waals surface area contributed by atoms with Crippen LogP contribution in [0.5, 0.6) is 0 Å². The molecule has 5 rings (SSSR count). The van der Waals surface area contributed by atoms with Crippen molar-refractivity contribution in [1.29, 1.82) is 0 Å². The molecular formula is C22H15BrN4O2S. The second kappa shape index (κ2) is 7.55. The van der Waals surface area contributed by atoms with Crippen LogP contribution >= 0.6 is 27.3 Å². The molecule has 0 spiro atoms. The van der Waals surface area contributed by atoms with Crippen molar-refractivity contribution in [3.63, 3.8) is 0 Å². The van der Waals surface area contributed by atoms with Crippen LogP contribution in [0, 0.1) is 6.92 Å². The summed E-state index contributed by atoms with van der Waals surface area (Å²) in [5.74, 6) is 1.03. The van der Waals surface area contributed by atoms with Gasteiger partial charge in [-0.1, -0.05) is 30.3 Å². The number of halogens is 1. The molecular weight excluding hydrogens is 464 g/mol. The maximum absolute atomic E-state index is 12.7. The van der Waals surface area contributed by atoms with Crippen LogP contribution in [0.2, 0.25) is 0 Å². The highest BCUT2D eigenvalue weighted by Gasteiger charge is 2.17. The van der Waals surface area contributed by atoms with Crippen molar-refractivity contribution in [3.05, 3.63) is 81.8 Å². The number of furan rings is 1. The minimum absolute atomic E-state index is 0.224. The number of rotatable bonds is 4. The highest BCUT2D eigenvalue weighted by Crippen LogP contribution is 2.31. The molecule has 30 heavy (non-hydrogen) atoms. The topological polar surface area (TPSA) is 73.0 Å². The number of aryl methyl sites for hydroxylation is 1. The molecule has 0 aliphatic carbocycles. The van der Waals surface area contributed by atoms with Crippen LogP contribution in [0.3, 0.4) is 0 Å². The molecule has 0 saturated carbocycles. The Labute approximate surface area is 184 Å². The molecule has 3 heterocycles. The Bertz CT molecular complexity index is 1350. The van der Waals surface area contributed by atoms with Gasteiger partial charge >= 0.3 is 0 Å². The molecule has 148 valence electrons. The quantitative estimate of drug-likeness (QED) is 0.340. The number of hydrogen-bond acceptors (Lipinski definition) is 5. The summed E-state index contributed by atoms with van der Waals surface area (Å²) in [7, 11) is 0. The SMILES string of the molecule is Cc1cc(NC(=O)c2ccccc2Br)n(-c2nc(-c3cc4ccccc4o3)cs2)n1. The Hall–Kier alpha value is -3.23. The molecule has 0 saturated heterocycles. The van der Waals surface area contributed by atoms with E-state index < -0.39 is 0 Å². The zero-order valence-electron chi connectivity index (χ0n) is 15.8. The molecule has 0 fully saturated rings. The molecule has 2 aromatic carbocycles. The molecule has 0 unspecified atom stereocenters. The monoisotopic (exact) mass is 478 g/mol. The van der Waals surface area contributed by atoms with Gasteiger partial charge in [-0.15, -0.1) is 11.3 Å². The molecule has 6 nitrogen and oxygen atoms in total. The van der Waals surface area contributed by atoms with E-state index in [0.717, 1.165) is 26.8 Å². The third-order valence-corrected chi connectivity index (χ3v) is 6.05. The molecule has 8 heteroatoms. The van der Waals surface area contributed by atoms with E-state index in [1.54, 1.807) is 10.7 Å². The smallest absolute Gasteiger partial charge is 0.257 e. The lowest BCUT2D eigenvalue weighted by atomic mass is 10.2. The van der Waals surface area contributed by atoms with Gasteiger partial charge in [-0.05, 0) is 47.1 Å². The molecule has 1 amide bonds. The molecule has 5 aromatic rings. The van der Waals surface area contributed by atoms with E-state index in [-0.39, 0.29) is 5.91 Å². The number of nitrogens with zero attached hydrogens (tertiary/aromatic N) is 3. The van der Waals surface area contributed by atoms with Gasteiger partial charge in [0.1, 0.15) is 17.1 Å². The summed E-state index contributed by atoms with van der Waals surface area (Å²) in [4.78, 5) is 17.4. The fraction of sp³-hybridized carbons (Fsp3) is 0.0455. The van der Waals surface area contributed by atoms with Gasteiger partial charge in [-0.2, -0.15) is 9.78 Å². The van der Waals surface area contributed by atoms with Gasteiger partial charge in [0, 0.05) is 21.3 Å². The number of carbonyl (C=O) groups excluding carboxylic acids is 1. The van der Waals surface area contributed by atoms with E-state index in [0.29, 0.717) is 22.3 Å². The Morgan fingerprint density at radius 1 is 1.13 bits per heavy atom. The van der Waals surface area contributed by atoms with Crippen LogP contribution in [-0.2, 0) is 0 Å². The number of amides is 1. The van der Waals surface area contributed by atoms with Crippen LogP contribution in [0.1, 0.15) is 16.1 Å². The first-order valence-electron chi connectivity index (χ1n) is 9.16. The number of fused-ring (bicyclic) bond motifs is 1. The fourth-order valence-corrected chi connectivity index (χ4v) is 4.39. The third-order valence-electron chi connectivity index (χ3n) is 4.54. The van der Waals surface area contributed by atoms with Crippen LogP contribution in [0.4, 0.5) is 5.82 Å². The van der Waals surface area contributed by atoms with Gasteiger partial charge in [0.2, 0.25) is 5.13 Å². The largest absolute Gasteiger partial charge is 0.454 e. The summed E-state index contributed by atoms with van der Waals surface area (Å²) < 4.78 is 8.28. The van der Waals surface area contributed by atoms with Gasteiger partial charge in [-0.3, -0.25) is 4.79 Å². The van der Waals surface area contributed by atoms with Crippen molar-refractivity contribution in [2.75, 3.05) is 5.32 Å². The molecule has 0 atom stereocenters. The second-order valence-electron chi connectivity index (χ2n) is 6.68. The average molecular weight is 479 g/mol. The van der Waals surface area contributed by atoms with Gasteiger partial charge in [0.05, 0.1) is 11.3 Å². The number of para-hydroxylation sites is 1. The lowest BCUT2D eigenvalue weighted by molar-refractivity contribution is 0.102. The van der Waals surface area contributed by atoms with Crippen molar-refractivity contribution in [2.45, 2.75) is 6.92 Å². The van der Waals surface area contributed by atoms with Crippen molar-refractivity contribution in [3.8, 4) is 16.6 Å². The molecule has 0 radical (unpaired) electrons. The van der Waals surface area contributed by atoms with Crippen LogP contribution < -0.4 is 5.32 Å². The molecule has 0 aliphatic heterocycles. The maximum Gasteiger partial charge on any atom is 0.257 e. The second-order valence-corrected chi connectivity index (χ2v) is 8.37. The number of thiazole rings is 1. The normalized spacial score (nSPS) is 11.1. The third kappa shape index (κ3) is 3.44. The van der Waals surface area contributed by atoms with Gasteiger partial charge in [-0.25, -0.2) is 4.98 Å². The summed E-state index contributed by atoms with van der Waals surface area (Å²) >= 11 is 4.85. The Balaban J connectivity index is 1.47. The summed E-state index contributed by atoms with van der Waals surface area (Å²) in [6.45, 7) is 1.87. The Morgan fingerprint density at radius 3 is 2.77 bits per heavy atom. The van der Waals surface area contributed by atoms with E-state index in [1.165, 1.54) is 11.3 Å². The van der Waals surface area contributed by atoms with E-state index in [2.05, 4.69) is 31.3 Å². The lowest BCUT2D eigenvalue weighted by Gasteiger charge is -2.07. The molecule has 0 aliphatic rings. The molecule has 3 aromatic heterocycles. The van der Waals surface area contributed by atoms with Gasteiger partial charge in [0.15, 0.2) is 5.76 Å². The Morgan fingerprint density at radius 2 is 1.93 bits per heavy atom. The van der Waals surface area contributed by atoms with Crippen molar-refractivity contribution in [2.24, 2.45) is 0 Å². The van der Waals surface area contributed by atoms with E-state index in [9.17, 15) is 4.79 Å². The van der Waals surface area contributed by atoms with Crippen LogP contribution in [-0.4, -0.2) is 20.7 Å². The number of benzene rings is 2. The summed E-state index contributed by atoms with van der Waals surface area (Å²) in [5.41, 5.74) is 2.86. The highest BCUT2D eigenvalue weighted by molar-refractivity contribution is 9.10. The first-order valence-corrected chi connectivity index (χ1v) is 10.8. The van der Waals surface area contributed by atoms with E-state index in [1.807, 2.05) is 66.9 Å². The molecule has 0 bridgehead atoms. The van der Waals surface area contributed by atoms with Crippen molar-refractivity contribution < 1.29 is 9.21 Å².